The van der Waals surface area contributed by atoms with E-state index < -0.39 is 23.6 Å². The number of carbonyl (C=O) groups excluding carboxylic acids is 2. The van der Waals surface area contributed by atoms with Gasteiger partial charge in [0.05, 0.1) is 5.57 Å². The molecule has 0 saturated carbocycles. The quantitative estimate of drug-likeness (QED) is 0.694. The number of ketones is 2. The second-order valence-electron chi connectivity index (χ2n) is 5.27. The summed E-state index contributed by atoms with van der Waals surface area (Å²) in [5.41, 5.74) is -0.178. The van der Waals surface area contributed by atoms with Gasteiger partial charge in [0.2, 0.25) is 0 Å². The van der Waals surface area contributed by atoms with E-state index in [1.54, 1.807) is 36.4 Å². The average molecular weight is 393 g/mol. The van der Waals surface area contributed by atoms with Crippen LogP contribution in [0.4, 0.5) is 8.78 Å². The zero-order valence-electron chi connectivity index (χ0n) is 12.8. The minimum atomic E-state index is -3.02. The molecule has 1 aromatic rings. The molecule has 0 saturated heterocycles. The summed E-state index contributed by atoms with van der Waals surface area (Å²) < 4.78 is 27.9. The number of alkyl halides is 2. The van der Waals surface area contributed by atoms with Gasteiger partial charge in [0.1, 0.15) is 0 Å². The first kappa shape index (κ1) is 18.2. The Morgan fingerprint density at radius 3 is 2.42 bits per heavy atom. The average Bonchev–Trinajstić information content (AvgIpc) is 2.54. The van der Waals surface area contributed by atoms with E-state index in [-0.39, 0.29) is 24.0 Å². The minimum absolute atomic E-state index is 0.0475. The van der Waals surface area contributed by atoms with Crippen molar-refractivity contribution in [3.8, 4) is 0 Å². The maximum Gasteiger partial charge on any atom is 0.267 e. The fourth-order valence-electron chi connectivity index (χ4n) is 2.33. The summed E-state index contributed by atoms with van der Waals surface area (Å²) in [6.07, 6.45) is 2.82. The van der Waals surface area contributed by atoms with Crippen molar-refractivity contribution in [2.45, 2.75) is 19.3 Å². The van der Waals surface area contributed by atoms with E-state index in [2.05, 4.69) is 22.5 Å². The van der Waals surface area contributed by atoms with Crippen LogP contribution in [0.1, 0.15) is 12.0 Å². The van der Waals surface area contributed by atoms with Crippen molar-refractivity contribution in [1.29, 1.82) is 0 Å². The molecular weight excluding hydrogens is 378 g/mol. The lowest BCUT2D eigenvalue weighted by atomic mass is 9.90. The molecule has 0 fully saturated rings. The topological polar surface area (TPSA) is 34.1 Å². The molecule has 0 heterocycles. The molecule has 0 N–H and O–H groups in total. The molecule has 0 aromatic heterocycles. The normalized spacial score (nSPS) is 21.9. The Bertz CT molecular complexity index is 756. The zero-order chi connectivity index (χ0) is 17.7. The van der Waals surface area contributed by atoms with Gasteiger partial charge in [-0.1, -0.05) is 58.9 Å². The molecule has 0 radical (unpaired) electrons. The van der Waals surface area contributed by atoms with Gasteiger partial charge in [-0.2, -0.15) is 0 Å². The largest absolute Gasteiger partial charge is 0.294 e. The number of allylic oxidation sites excluding steroid dienone is 7. The summed E-state index contributed by atoms with van der Waals surface area (Å²) in [6, 6.07) is 6.94. The van der Waals surface area contributed by atoms with Crippen molar-refractivity contribution in [2.75, 3.05) is 0 Å². The molecule has 0 bridgehead atoms. The van der Waals surface area contributed by atoms with Gasteiger partial charge in [-0.05, 0) is 17.7 Å². The summed E-state index contributed by atoms with van der Waals surface area (Å²) in [4.78, 5) is 24.7. The van der Waals surface area contributed by atoms with Crippen molar-refractivity contribution in [2.24, 2.45) is 0 Å². The molecule has 1 aliphatic carbocycles. The molecule has 0 aliphatic heterocycles. The van der Waals surface area contributed by atoms with Crippen molar-refractivity contribution in [1.82, 2.24) is 0 Å². The Morgan fingerprint density at radius 2 is 1.79 bits per heavy atom. The molecule has 0 spiro atoms. The predicted octanol–water partition coefficient (Wildman–Crippen LogP) is 4.76. The first-order chi connectivity index (χ1) is 11.4. The Morgan fingerprint density at radius 1 is 1.12 bits per heavy atom. The summed E-state index contributed by atoms with van der Waals surface area (Å²) in [7, 11) is 0. The molecule has 1 aliphatic rings. The van der Waals surface area contributed by atoms with E-state index in [1.165, 1.54) is 12.2 Å². The van der Waals surface area contributed by atoms with Gasteiger partial charge in [0.15, 0.2) is 11.6 Å². The highest BCUT2D eigenvalue weighted by Crippen LogP contribution is 2.25. The van der Waals surface area contributed by atoms with Crippen LogP contribution in [0.15, 0.2) is 76.3 Å². The zero-order valence-corrected chi connectivity index (χ0v) is 14.4. The van der Waals surface area contributed by atoms with Crippen LogP contribution in [0.25, 0.3) is 0 Å². The predicted molar refractivity (Wildman–Crippen MR) is 92.9 cm³/mol. The first-order valence-corrected chi connectivity index (χ1v) is 8.05. The van der Waals surface area contributed by atoms with Crippen molar-refractivity contribution < 1.29 is 18.4 Å². The number of Topliss-reactive ketones (excluding diaryl/α,β-unsaturated/α-hetero) is 2. The highest BCUT2D eigenvalue weighted by molar-refractivity contribution is 9.10. The number of halogens is 3. The Kier molecular flexibility index (Phi) is 6.15. The lowest BCUT2D eigenvalue weighted by molar-refractivity contribution is -0.117. The van der Waals surface area contributed by atoms with Gasteiger partial charge in [-0.3, -0.25) is 9.59 Å². The van der Waals surface area contributed by atoms with Gasteiger partial charge >= 0.3 is 0 Å². The van der Waals surface area contributed by atoms with Crippen molar-refractivity contribution in [3.63, 3.8) is 0 Å². The summed E-state index contributed by atoms with van der Waals surface area (Å²) >= 11 is 3.29. The maximum absolute atomic E-state index is 13.5. The fourth-order valence-corrected chi connectivity index (χ4v) is 2.60. The van der Waals surface area contributed by atoms with E-state index >= 15 is 0 Å². The lowest BCUT2D eigenvalue weighted by Crippen LogP contribution is -2.20. The van der Waals surface area contributed by atoms with E-state index in [4.69, 9.17) is 0 Å². The number of hydrogen-bond donors (Lipinski definition) is 0. The lowest BCUT2D eigenvalue weighted by Gasteiger charge is -2.14. The molecule has 24 heavy (non-hydrogen) atoms. The number of rotatable bonds is 3. The van der Waals surface area contributed by atoms with Crippen LogP contribution in [-0.4, -0.2) is 18.0 Å². The van der Waals surface area contributed by atoms with Crippen LogP contribution in [0, 0.1) is 0 Å². The molecule has 2 nitrogen and oxygen atoms in total. The van der Waals surface area contributed by atoms with E-state index in [0.29, 0.717) is 5.56 Å². The highest BCUT2D eigenvalue weighted by atomic mass is 79.9. The molecule has 2 rings (SSSR count). The summed E-state index contributed by atoms with van der Waals surface area (Å²) in [5, 5.41) is 0. The molecule has 0 atom stereocenters. The van der Waals surface area contributed by atoms with E-state index in [9.17, 15) is 18.4 Å². The van der Waals surface area contributed by atoms with Gasteiger partial charge in [-0.25, -0.2) is 8.78 Å². The second-order valence-corrected chi connectivity index (χ2v) is 6.18. The van der Waals surface area contributed by atoms with Gasteiger partial charge in [-0.15, -0.1) is 0 Å². The monoisotopic (exact) mass is 392 g/mol. The first-order valence-electron chi connectivity index (χ1n) is 7.25. The standard InChI is InChI=1S/C19H15BrF2O2/c1-12-5-3-2-4-6-16(23)17(19(21)22)15(18(12)24)11-13-7-9-14(20)10-8-13/h2-5,7-10,19H,1,6,11H2/b4-2-,5-3-,17-15+. The van der Waals surface area contributed by atoms with E-state index in [1.807, 2.05) is 0 Å². The Hall–Kier alpha value is -2.14. The van der Waals surface area contributed by atoms with Crippen molar-refractivity contribution >= 4 is 27.5 Å². The minimum Gasteiger partial charge on any atom is -0.294 e. The number of carbonyl (C=O) groups is 2. The fraction of sp³-hybridized carbons (Fsp3) is 0.158. The molecule has 124 valence electrons. The number of benzene rings is 1. The maximum atomic E-state index is 13.5. The Balaban J connectivity index is 2.56. The Labute approximate surface area is 147 Å². The molecule has 0 amide bonds. The van der Waals surface area contributed by atoms with Crippen LogP contribution in [-0.2, 0) is 16.0 Å². The summed E-state index contributed by atoms with van der Waals surface area (Å²) in [5.74, 6) is -1.38. The van der Waals surface area contributed by atoms with Crippen LogP contribution in [0.5, 0.6) is 0 Å². The smallest absolute Gasteiger partial charge is 0.267 e. The third-order valence-corrected chi connectivity index (χ3v) is 4.08. The molecule has 0 unspecified atom stereocenters. The SMILES string of the molecule is C=C1/C=C\C=C/CC(=O)/C(C(F)F)=C(/Cc2ccc(Br)cc2)C1=O. The van der Waals surface area contributed by atoms with Crippen molar-refractivity contribution in [3.05, 3.63) is 81.9 Å². The van der Waals surface area contributed by atoms with Crippen LogP contribution >= 0.6 is 15.9 Å². The third-order valence-electron chi connectivity index (χ3n) is 3.55. The molecular formula is C19H15BrF2O2. The molecule has 5 heteroatoms. The second kappa shape index (κ2) is 8.11. The van der Waals surface area contributed by atoms with Gasteiger partial charge in [0, 0.05) is 28.5 Å². The van der Waals surface area contributed by atoms with Crippen LogP contribution < -0.4 is 0 Å². The molecule has 1 aromatic carbocycles. The van der Waals surface area contributed by atoms with Gasteiger partial charge in [0.25, 0.3) is 6.43 Å². The third kappa shape index (κ3) is 4.45. The highest BCUT2D eigenvalue weighted by Gasteiger charge is 2.28. The number of hydrogen-bond acceptors (Lipinski definition) is 2. The van der Waals surface area contributed by atoms with Crippen LogP contribution in [0.3, 0.4) is 0 Å². The van der Waals surface area contributed by atoms with Gasteiger partial charge < -0.3 is 0 Å². The van der Waals surface area contributed by atoms with Crippen LogP contribution in [0.2, 0.25) is 0 Å². The van der Waals surface area contributed by atoms with E-state index in [0.717, 1.165) is 4.47 Å². The summed E-state index contributed by atoms with van der Waals surface area (Å²) in [6.45, 7) is 3.63.